The van der Waals surface area contributed by atoms with E-state index in [-0.39, 0.29) is 5.91 Å². The Hall–Kier alpha value is -0.520. The molecule has 0 spiro atoms. The molecule has 0 atom stereocenters. The standard InChI is InChI=1S/C13H17BrN2OS/c14-11-7-10(8-15)3-4-12(11)18-9-13(17)16-5-1-2-6-16/h3-4,7H,1-2,5-6,8-9,15H2. The lowest BCUT2D eigenvalue weighted by molar-refractivity contribution is -0.127. The highest BCUT2D eigenvalue weighted by Gasteiger charge is 2.18. The van der Waals surface area contributed by atoms with E-state index in [9.17, 15) is 4.79 Å². The molecule has 2 rings (SSSR count). The summed E-state index contributed by atoms with van der Waals surface area (Å²) >= 11 is 5.10. The Labute approximate surface area is 120 Å². The highest BCUT2D eigenvalue weighted by Crippen LogP contribution is 2.28. The maximum Gasteiger partial charge on any atom is 0.232 e. The van der Waals surface area contributed by atoms with Crippen LogP contribution < -0.4 is 5.73 Å². The van der Waals surface area contributed by atoms with Crippen molar-refractivity contribution in [1.29, 1.82) is 0 Å². The largest absolute Gasteiger partial charge is 0.342 e. The molecule has 1 aliphatic heterocycles. The van der Waals surface area contributed by atoms with E-state index in [2.05, 4.69) is 15.9 Å². The van der Waals surface area contributed by atoms with Gasteiger partial charge in [0, 0.05) is 29.0 Å². The SMILES string of the molecule is NCc1ccc(SCC(=O)N2CCCC2)c(Br)c1. The third kappa shape index (κ3) is 3.49. The van der Waals surface area contributed by atoms with Gasteiger partial charge in [0.15, 0.2) is 0 Å². The Bertz CT molecular complexity index is 433. The monoisotopic (exact) mass is 328 g/mol. The van der Waals surface area contributed by atoms with Crippen molar-refractivity contribution in [2.75, 3.05) is 18.8 Å². The molecule has 3 nitrogen and oxygen atoms in total. The van der Waals surface area contributed by atoms with Gasteiger partial charge < -0.3 is 10.6 Å². The molecular formula is C13H17BrN2OS. The van der Waals surface area contributed by atoms with Crippen molar-refractivity contribution in [3.63, 3.8) is 0 Å². The summed E-state index contributed by atoms with van der Waals surface area (Å²) < 4.78 is 1.02. The quantitative estimate of drug-likeness (QED) is 0.864. The minimum Gasteiger partial charge on any atom is -0.342 e. The van der Waals surface area contributed by atoms with Crippen LogP contribution in [-0.4, -0.2) is 29.6 Å². The molecule has 1 fully saturated rings. The number of carbonyl (C=O) groups is 1. The smallest absolute Gasteiger partial charge is 0.232 e. The Morgan fingerprint density at radius 1 is 1.39 bits per heavy atom. The molecule has 0 bridgehead atoms. The van der Waals surface area contributed by atoms with Crippen LogP contribution in [0.2, 0.25) is 0 Å². The molecule has 1 aromatic carbocycles. The van der Waals surface area contributed by atoms with Gasteiger partial charge in [-0.3, -0.25) is 4.79 Å². The second kappa shape index (κ2) is 6.59. The van der Waals surface area contributed by atoms with Crippen LogP contribution in [0.3, 0.4) is 0 Å². The molecule has 98 valence electrons. The lowest BCUT2D eigenvalue weighted by Crippen LogP contribution is -2.29. The van der Waals surface area contributed by atoms with Gasteiger partial charge in [0.2, 0.25) is 5.91 Å². The normalized spacial score (nSPS) is 15.1. The molecule has 0 radical (unpaired) electrons. The van der Waals surface area contributed by atoms with Crippen LogP contribution in [0.5, 0.6) is 0 Å². The maximum absolute atomic E-state index is 11.9. The van der Waals surface area contributed by atoms with E-state index >= 15 is 0 Å². The topological polar surface area (TPSA) is 46.3 Å². The summed E-state index contributed by atoms with van der Waals surface area (Å²) in [6.45, 7) is 2.38. The molecule has 1 aromatic rings. The summed E-state index contributed by atoms with van der Waals surface area (Å²) in [6, 6.07) is 6.05. The first kappa shape index (κ1) is 13.9. The molecule has 0 aromatic heterocycles. The van der Waals surface area contributed by atoms with Gasteiger partial charge in [-0.2, -0.15) is 0 Å². The molecule has 1 saturated heterocycles. The second-order valence-corrected chi connectivity index (χ2v) is 6.22. The molecule has 0 unspecified atom stereocenters. The van der Waals surface area contributed by atoms with Crippen LogP contribution >= 0.6 is 27.7 Å². The van der Waals surface area contributed by atoms with Crippen LogP contribution in [0.4, 0.5) is 0 Å². The first-order chi connectivity index (χ1) is 8.70. The van der Waals surface area contributed by atoms with E-state index < -0.39 is 0 Å². The van der Waals surface area contributed by atoms with Crippen molar-refractivity contribution in [2.45, 2.75) is 24.3 Å². The zero-order valence-corrected chi connectivity index (χ0v) is 12.6. The summed E-state index contributed by atoms with van der Waals surface area (Å²) in [5, 5.41) is 0. The number of rotatable bonds is 4. The second-order valence-electron chi connectivity index (χ2n) is 4.35. The average molecular weight is 329 g/mol. The average Bonchev–Trinajstić information content (AvgIpc) is 2.90. The summed E-state index contributed by atoms with van der Waals surface area (Å²) in [6.07, 6.45) is 2.29. The fourth-order valence-corrected chi connectivity index (χ4v) is 3.58. The third-order valence-corrected chi connectivity index (χ3v) is 5.02. The van der Waals surface area contributed by atoms with Gasteiger partial charge in [-0.1, -0.05) is 6.07 Å². The highest BCUT2D eigenvalue weighted by molar-refractivity contribution is 9.10. The lowest BCUT2D eigenvalue weighted by atomic mass is 10.2. The molecule has 1 aliphatic rings. The molecular weight excluding hydrogens is 312 g/mol. The molecule has 18 heavy (non-hydrogen) atoms. The van der Waals surface area contributed by atoms with E-state index in [1.165, 1.54) is 0 Å². The molecule has 1 amide bonds. The molecule has 2 N–H and O–H groups in total. The van der Waals surface area contributed by atoms with Crippen molar-refractivity contribution >= 4 is 33.6 Å². The molecule has 1 heterocycles. The number of thioether (sulfide) groups is 1. The Balaban J connectivity index is 1.91. The van der Waals surface area contributed by atoms with Crippen LogP contribution in [0, 0.1) is 0 Å². The number of benzene rings is 1. The maximum atomic E-state index is 11.9. The number of hydrogen-bond donors (Lipinski definition) is 1. The van der Waals surface area contributed by atoms with E-state index in [1.807, 2.05) is 23.1 Å². The number of hydrogen-bond acceptors (Lipinski definition) is 3. The fourth-order valence-electron chi connectivity index (χ4n) is 1.99. The van der Waals surface area contributed by atoms with Gasteiger partial charge in [0.25, 0.3) is 0 Å². The van der Waals surface area contributed by atoms with Gasteiger partial charge in [-0.25, -0.2) is 0 Å². The van der Waals surface area contributed by atoms with Crippen LogP contribution in [0.1, 0.15) is 18.4 Å². The van der Waals surface area contributed by atoms with E-state index in [0.29, 0.717) is 12.3 Å². The molecule has 0 aliphatic carbocycles. The number of halogens is 1. The van der Waals surface area contributed by atoms with Crippen LogP contribution in [0.25, 0.3) is 0 Å². The van der Waals surface area contributed by atoms with Gasteiger partial charge >= 0.3 is 0 Å². The van der Waals surface area contributed by atoms with E-state index in [0.717, 1.165) is 40.9 Å². The van der Waals surface area contributed by atoms with Gasteiger partial charge in [0.05, 0.1) is 5.75 Å². The summed E-state index contributed by atoms with van der Waals surface area (Å²) in [4.78, 5) is 15.0. The zero-order chi connectivity index (χ0) is 13.0. The minimum atomic E-state index is 0.243. The zero-order valence-electron chi connectivity index (χ0n) is 10.2. The number of likely N-dealkylation sites (tertiary alicyclic amines) is 1. The predicted octanol–water partition coefficient (Wildman–Crippen LogP) is 2.62. The van der Waals surface area contributed by atoms with Crippen molar-refractivity contribution in [3.8, 4) is 0 Å². The van der Waals surface area contributed by atoms with E-state index in [4.69, 9.17) is 5.73 Å². The van der Waals surface area contributed by atoms with Crippen molar-refractivity contribution in [1.82, 2.24) is 4.90 Å². The van der Waals surface area contributed by atoms with Crippen molar-refractivity contribution < 1.29 is 4.79 Å². The van der Waals surface area contributed by atoms with Gasteiger partial charge in [-0.15, -0.1) is 11.8 Å². The van der Waals surface area contributed by atoms with Gasteiger partial charge in [-0.05, 0) is 46.5 Å². The van der Waals surface area contributed by atoms with Crippen molar-refractivity contribution in [3.05, 3.63) is 28.2 Å². The van der Waals surface area contributed by atoms with Crippen LogP contribution in [-0.2, 0) is 11.3 Å². The predicted molar refractivity (Wildman–Crippen MR) is 78.6 cm³/mol. The number of nitrogens with two attached hydrogens (primary N) is 1. The van der Waals surface area contributed by atoms with Crippen molar-refractivity contribution in [2.24, 2.45) is 5.73 Å². The lowest BCUT2D eigenvalue weighted by Gasteiger charge is -2.15. The fraction of sp³-hybridized carbons (Fsp3) is 0.462. The summed E-state index contributed by atoms with van der Waals surface area (Å²) in [5.74, 6) is 0.757. The minimum absolute atomic E-state index is 0.243. The third-order valence-electron chi connectivity index (χ3n) is 3.04. The first-order valence-corrected chi connectivity index (χ1v) is 7.87. The Morgan fingerprint density at radius 2 is 2.11 bits per heavy atom. The summed E-state index contributed by atoms with van der Waals surface area (Å²) in [5.41, 5.74) is 6.68. The highest BCUT2D eigenvalue weighted by atomic mass is 79.9. The number of carbonyl (C=O) groups excluding carboxylic acids is 1. The van der Waals surface area contributed by atoms with Crippen LogP contribution in [0.15, 0.2) is 27.6 Å². The number of nitrogens with zero attached hydrogens (tertiary/aromatic N) is 1. The Morgan fingerprint density at radius 3 is 2.72 bits per heavy atom. The number of amides is 1. The van der Waals surface area contributed by atoms with Gasteiger partial charge in [0.1, 0.15) is 0 Å². The molecule has 0 saturated carbocycles. The van der Waals surface area contributed by atoms with E-state index in [1.54, 1.807) is 11.8 Å². The Kier molecular flexibility index (Phi) is 5.09. The summed E-state index contributed by atoms with van der Waals surface area (Å²) in [7, 11) is 0. The molecule has 5 heteroatoms. The first-order valence-electron chi connectivity index (χ1n) is 6.10.